The fourth-order valence-electron chi connectivity index (χ4n) is 2.18. The number of hydrogen-bond acceptors (Lipinski definition) is 3. The zero-order valence-corrected chi connectivity index (χ0v) is 11.7. The van der Waals surface area contributed by atoms with Crippen LogP contribution in [0.3, 0.4) is 0 Å². The normalized spacial score (nSPS) is 24.2. The molecule has 19 heavy (non-hydrogen) atoms. The maximum atomic E-state index is 12.2. The summed E-state index contributed by atoms with van der Waals surface area (Å²) in [7, 11) is 0. The van der Waals surface area contributed by atoms with E-state index in [1.54, 1.807) is 0 Å². The summed E-state index contributed by atoms with van der Waals surface area (Å²) in [5.41, 5.74) is 6.19. The molecule has 5 heteroatoms. The molecule has 0 saturated carbocycles. The number of hydrogen-bond donors (Lipinski definition) is 2. The maximum Gasteiger partial charge on any atom is 0.243 e. The van der Waals surface area contributed by atoms with Gasteiger partial charge in [-0.1, -0.05) is 30.7 Å². The van der Waals surface area contributed by atoms with Crippen molar-refractivity contribution >= 4 is 17.5 Å². The first-order valence-corrected chi connectivity index (χ1v) is 6.86. The number of benzene rings is 1. The Kier molecular flexibility index (Phi) is 4.45. The lowest BCUT2D eigenvalue weighted by atomic mass is 9.97. The van der Waals surface area contributed by atoms with Gasteiger partial charge in [0.25, 0.3) is 0 Å². The Morgan fingerprint density at radius 3 is 2.74 bits per heavy atom. The van der Waals surface area contributed by atoms with E-state index in [9.17, 15) is 4.79 Å². The third-order valence-corrected chi connectivity index (χ3v) is 3.74. The molecule has 4 nitrogen and oxygen atoms in total. The lowest BCUT2D eigenvalue weighted by Gasteiger charge is -2.25. The second-order valence-electron chi connectivity index (χ2n) is 4.94. The molecule has 3 N–H and O–H groups in total. The van der Waals surface area contributed by atoms with Gasteiger partial charge in [0.1, 0.15) is 5.54 Å². The van der Waals surface area contributed by atoms with Crippen LogP contribution in [0.4, 0.5) is 0 Å². The first-order valence-electron chi connectivity index (χ1n) is 6.48. The van der Waals surface area contributed by atoms with Crippen molar-refractivity contribution in [3.05, 3.63) is 34.9 Å². The lowest BCUT2D eigenvalue weighted by Crippen LogP contribution is -2.55. The van der Waals surface area contributed by atoms with Crippen molar-refractivity contribution in [2.75, 3.05) is 13.2 Å². The first kappa shape index (κ1) is 14.3. The Bertz CT molecular complexity index is 441. The van der Waals surface area contributed by atoms with E-state index in [0.29, 0.717) is 18.1 Å². The van der Waals surface area contributed by atoms with Gasteiger partial charge in [-0.3, -0.25) is 4.79 Å². The van der Waals surface area contributed by atoms with Crippen LogP contribution in [0.2, 0.25) is 5.02 Å². The van der Waals surface area contributed by atoms with Crippen molar-refractivity contribution in [1.29, 1.82) is 0 Å². The number of nitrogens with two attached hydrogens (primary N) is 1. The number of rotatable bonds is 4. The minimum absolute atomic E-state index is 0.0502. The van der Waals surface area contributed by atoms with Gasteiger partial charge in [-0.05, 0) is 30.5 Å². The smallest absolute Gasteiger partial charge is 0.243 e. The molecule has 1 aromatic rings. The van der Waals surface area contributed by atoms with Gasteiger partial charge in [0.2, 0.25) is 5.91 Å². The summed E-state index contributed by atoms with van der Waals surface area (Å²) in [4.78, 5) is 12.2. The molecule has 0 radical (unpaired) electrons. The molecule has 0 spiro atoms. The van der Waals surface area contributed by atoms with Crippen LogP contribution in [0, 0.1) is 0 Å². The molecule has 1 amide bonds. The van der Waals surface area contributed by atoms with Crippen LogP contribution in [0.15, 0.2) is 24.3 Å². The van der Waals surface area contributed by atoms with E-state index in [1.807, 2.05) is 31.2 Å². The zero-order chi connectivity index (χ0) is 13.9. The minimum atomic E-state index is -0.889. The van der Waals surface area contributed by atoms with E-state index >= 15 is 0 Å². The Morgan fingerprint density at radius 2 is 2.21 bits per heavy atom. The summed E-state index contributed by atoms with van der Waals surface area (Å²) in [6.07, 6.45) is 1.36. The molecule has 2 rings (SSSR count). The van der Waals surface area contributed by atoms with Gasteiger partial charge in [0, 0.05) is 11.6 Å². The predicted molar refractivity (Wildman–Crippen MR) is 75.0 cm³/mol. The maximum absolute atomic E-state index is 12.2. The lowest BCUT2D eigenvalue weighted by molar-refractivity contribution is -0.127. The van der Waals surface area contributed by atoms with E-state index in [1.165, 1.54) is 0 Å². The number of halogens is 1. The van der Waals surface area contributed by atoms with Crippen LogP contribution in [0.5, 0.6) is 0 Å². The number of nitrogens with one attached hydrogen (secondary N) is 1. The molecule has 1 aliphatic heterocycles. The molecule has 1 saturated heterocycles. The van der Waals surface area contributed by atoms with Gasteiger partial charge in [-0.2, -0.15) is 0 Å². The summed E-state index contributed by atoms with van der Waals surface area (Å²) < 4.78 is 5.21. The third-order valence-electron chi connectivity index (χ3n) is 3.49. The second kappa shape index (κ2) is 5.90. The quantitative estimate of drug-likeness (QED) is 0.888. The van der Waals surface area contributed by atoms with Crippen LogP contribution in [-0.4, -0.2) is 24.7 Å². The van der Waals surface area contributed by atoms with E-state index in [4.69, 9.17) is 22.1 Å². The predicted octanol–water partition coefficient (Wildman–Crippen LogP) is 2.03. The number of amides is 1. The highest BCUT2D eigenvalue weighted by atomic mass is 35.5. The van der Waals surface area contributed by atoms with Gasteiger partial charge < -0.3 is 15.8 Å². The molecule has 1 aliphatic rings. The molecule has 2 unspecified atom stereocenters. The summed E-state index contributed by atoms with van der Waals surface area (Å²) in [5.74, 6) is -0.146. The van der Waals surface area contributed by atoms with Gasteiger partial charge in [0.05, 0.1) is 12.6 Å². The monoisotopic (exact) mass is 282 g/mol. The molecule has 1 aromatic carbocycles. The van der Waals surface area contributed by atoms with Crippen molar-refractivity contribution in [3.8, 4) is 0 Å². The van der Waals surface area contributed by atoms with Gasteiger partial charge in [-0.15, -0.1) is 0 Å². The fourth-order valence-corrected chi connectivity index (χ4v) is 2.30. The third kappa shape index (κ3) is 3.26. The number of carbonyl (C=O) groups excluding carboxylic acids is 1. The van der Waals surface area contributed by atoms with Gasteiger partial charge >= 0.3 is 0 Å². The van der Waals surface area contributed by atoms with E-state index in [0.717, 1.165) is 12.0 Å². The topological polar surface area (TPSA) is 64.4 Å². The average molecular weight is 283 g/mol. The highest BCUT2D eigenvalue weighted by Gasteiger charge is 2.38. The van der Waals surface area contributed by atoms with Crippen LogP contribution in [-0.2, 0) is 9.53 Å². The average Bonchev–Trinajstić information content (AvgIpc) is 2.85. The van der Waals surface area contributed by atoms with Crippen LogP contribution < -0.4 is 11.1 Å². The molecular formula is C14H19ClN2O2. The van der Waals surface area contributed by atoms with Crippen LogP contribution >= 0.6 is 11.6 Å². The van der Waals surface area contributed by atoms with Gasteiger partial charge in [-0.25, -0.2) is 0 Å². The highest BCUT2D eigenvalue weighted by molar-refractivity contribution is 6.30. The highest BCUT2D eigenvalue weighted by Crippen LogP contribution is 2.22. The Hall–Kier alpha value is -1.10. The molecule has 0 aromatic heterocycles. The standard InChI is InChI=1S/C14H19ClN2O2/c1-2-12(10-3-5-11(15)6-4-10)17-13(18)14(16)7-8-19-9-14/h3-6,12H,2,7-9,16H2,1H3,(H,17,18). The Labute approximate surface area is 118 Å². The molecule has 0 aliphatic carbocycles. The SMILES string of the molecule is CCC(NC(=O)C1(N)CCOC1)c1ccc(Cl)cc1. The van der Waals surface area contributed by atoms with E-state index < -0.39 is 5.54 Å². The summed E-state index contributed by atoms with van der Waals surface area (Å²) >= 11 is 5.87. The van der Waals surface area contributed by atoms with Crippen molar-refractivity contribution < 1.29 is 9.53 Å². The number of ether oxygens (including phenoxy) is 1. The molecule has 1 heterocycles. The minimum Gasteiger partial charge on any atom is -0.379 e. The van der Waals surface area contributed by atoms with Crippen molar-refractivity contribution in [2.45, 2.75) is 31.3 Å². The zero-order valence-electron chi connectivity index (χ0n) is 11.0. The summed E-state index contributed by atoms with van der Waals surface area (Å²) in [6.45, 7) is 2.85. The molecule has 1 fully saturated rings. The summed E-state index contributed by atoms with van der Waals surface area (Å²) in [6, 6.07) is 7.44. The fraction of sp³-hybridized carbons (Fsp3) is 0.500. The summed E-state index contributed by atoms with van der Waals surface area (Å²) in [5, 5.41) is 3.68. The molecule has 104 valence electrons. The second-order valence-corrected chi connectivity index (χ2v) is 5.38. The Balaban J connectivity index is 2.06. The number of carbonyl (C=O) groups is 1. The molecule has 2 atom stereocenters. The van der Waals surface area contributed by atoms with E-state index in [2.05, 4.69) is 5.32 Å². The largest absolute Gasteiger partial charge is 0.379 e. The van der Waals surface area contributed by atoms with E-state index in [-0.39, 0.29) is 18.6 Å². The Morgan fingerprint density at radius 1 is 1.53 bits per heavy atom. The molecular weight excluding hydrogens is 264 g/mol. The van der Waals surface area contributed by atoms with Gasteiger partial charge in [0.15, 0.2) is 0 Å². The van der Waals surface area contributed by atoms with Crippen molar-refractivity contribution in [3.63, 3.8) is 0 Å². The molecule has 0 bridgehead atoms. The van der Waals surface area contributed by atoms with Crippen LogP contribution in [0.1, 0.15) is 31.4 Å². The first-order chi connectivity index (χ1) is 9.05. The van der Waals surface area contributed by atoms with Crippen molar-refractivity contribution in [2.24, 2.45) is 5.73 Å². The van der Waals surface area contributed by atoms with Crippen molar-refractivity contribution in [1.82, 2.24) is 5.32 Å². The van der Waals surface area contributed by atoms with Crippen LogP contribution in [0.25, 0.3) is 0 Å².